The lowest BCUT2D eigenvalue weighted by Gasteiger charge is -2.27. The Labute approximate surface area is 125 Å². The minimum Gasteiger partial charge on any atom is -0.346 e. The average molecular weight is 326 g/mol. The maximum absolute atomic E-state index is 12.2. The van der Waals surface area contributed by atoms with E-state index >= 15 is 0 Å². The van der Waals surface area contributed by atoms with Gasteiger partial charge < -0.3 is 5.32 Å². The highest BCUT2D eigenvalue weighted by Gasteiger charge is 2.23. The molecular formula is C16H24BrNO. The van der Waals surface area contributed by atoms with Crippen LogP contribution in [0.4, 0.5) is 0 Å². The normalized spacial score (nSPS) is 14.8. The fourth-order valence-corrected chi connectivity index (χ4v) is 2.22. The predicted octanol–water partition coefficient (Wildman–Crippen LogP) is 4.28. The molecule has 0 aromatic heterocycles. The van der Waals surface area contributed by atoms with Crippen LogP contribution < -0.4 is 5.32 Å². The molecule has 2 nitrogen and oxygen atoms in total. The fraction of sp³-hybridized carbons (Fsp3) is 0.562. The van der Waals surface area contributed by atoms with E-state index < -0.39 is 0 Å². The second-order valence-electron chi connectivity index (χ2n) is 6.33. The number of hydrogen-bond donors (Lipinski definition) is 1. The molecule has 19 heavy (non-hydrogen) atoms. The van der Waals surface area contributed by atoms with Crippen molar-refractivity contribution in [1.82, 2.24) is 5.32 Å². The number of benzene rings is 1. The quantitative estimate of drug-likeness (QED) is 0.822. The summed E-state index contributed by atoms with van der Waals surface area (Å²) in [6.07, 6.45) is 0.893. The van der Waals surface area contributed by atoms with Crippen LogP contribution in [0.15, 0.2) is 24.3 Å². The van der Waals surface area contributed by atoms with Crippen LogP contribution in [-0.4, -0.2) is 16.8 Å². The molecule has 0 aliphatic carbocycles. The summed E-state index contributed by atoms with van der Waals surface area (Å²) in [5.41, 5.74) is 1.87. The van der Waals surface area contributed by atoms with Gasteiger partial charge in [0.25, 0.3) is 5.91 Å². The zero-order valence-corrected chi connectivity index (χ0v) is 14.1. The van der Waals surface area contributed by atoms with Gasteiger partial charge in [-0.1, -0.05) is 55.8 Å². The number of rotatable bonds is 4. The molecule has 0 bridgehead atoms. The van der Waals surface area contributed by atoms with E-state index in [-0.39, 0.29) is 16.9 Å². The second-order valence-corrected chi connectivity index (χ2v) is 6.89. The maximum atomic E-state index is 12.2. The Kier molecular flexibility index (Phi) is 5.19. The number of amides is 1. The van der Waals surface area contributed by atoms with E-state index in [1.54, 1.807) is 0 Å². The standard InChI is InChI=1S/C16H24BrNO/c1-6-16(5,11-17)18-14(19)12-7-9-13(10-8-12)15(2,3)4/h7-10H,6,11H2,1-5H3,(H,18,19). The molecule has 3 heteroatoms. The lowest BCUT2D eigenvalue weighted by Crippen LogP contribution is -2.46. The van der Waals surface area contributed by atoms with Crippen LogP contribution in [0.3, 0.4) is 0 Å². The van der Waals surface area contributed by atoms with E-state index in [0.717, 1.165) is 11.8 Å². The predicted molar refractivity (Wildman–Crippen MR) is 85.1 cm³/mol. The van der Waals surface area contributed by atoms with Gasteiger partial charge in [0.1, 0.15) is 0 Å². The van der Waals surface area contributed by atoms with Crippen LogP contribution in [0, 0.1) is 0 Å². The van der Waals surface area contributed by atoms with Crippen molar-refractivity contribution in [3.05, 3.63) is 35.4 Å². The monoisotopic (exact) mass is 325 g/mol. The summed E-state index contributed by atoms with van der Waals surface area (Å²) in [6, 6.07) is 7.87. The zero-order valence-electron chi connectivity index (χ0n) is 12.5. The van der Waals surface area contributed by atoms with Crippen LogP contribution in [0.1, 0.15) is 57.0 Å². The van der Waals surface area contributed by atoms with Gasteiger partial charge in [0.2, 0.25) is 0 Å². The van der Waals surface area contributed by atoms with Crippen molar-refractivity contribution >= 4 is 21.8 Å². The molecule has 0 fully saturated rings. The first-order chi connectivity index (χ1) is 8.72. The highest BCUT2D eigenvalue weighted by Crippen LogP contribution is 2.22. The van der Waals surface area contributed by atoms with Crippen LogP contribution >= 0.6 is 15.9 Å². The van der Waals surface area contributed by atoms with Gasteiger partial charge in [-0.15, -0.1) is 0 Å². The van der Waals surface area contributed by atoms with Gasteiger partial charge in [0.15, 0.2) is 0 Å². The summed E-state index contributed by atoms with van der Waals surface area (Å²) in [6.45, 7) is 10.6. The average Bonchev–Trinajstić information content (AvgIpc) is 2.37. The van der Waals surface area contributed by atoms with E-state index in [1.807, 2.05) is 31.2 Å². The van der Waals surface area contributed by atoms with Gasteiger partial charge in [-0.05, 0) is 36.5 Å². The molecule has 1 N–H and O–H groups in total. The van der Waals surface area contributed by atoms with Gasteiger partial charge in [-0.2, -0.15) is 0 Å². The topological polar surface area (TPSA) is 29.1 Å². The molecule has 0 radical (unpaired) electrons. The largest absolute Gasteiger partial charge is 0.346 e. The van der Waals surface area contributed by atoms with Gasteiger partial charge in [0, 0.05) is 16.4 Å². The molecule has 0 saturated heterocycles. The molecule has 0 aliphatic rings. The van der Waals surface area contributed by atoms with Crippen molar-refractivity contribution in [3.63, 3.8) is 0 Å². The molecule has 1 unspecified atom stereocenters. The van der Waals surface area contributed by atoms with Gasteiger partial charge >= 0.3 is 0 Å². The zero-order chi connectivity index (χ0) is 14.7. The number of alkyl halides is 1. The van der Waals surface area contributed by atoms with Crippen molar-refractivity contribution in [1.29, 1.82) is 0 Å². The van der Waals surface area contributed by atoms with Crippen LogP contribution in [0.5, 0.6) is 0 Å². The third-order valence-electron chi connectivity index (χ3n) is 3.50. The molecule has 106 valence electrons. The van der Waals surface area contributed by atoms with Gasteiger partial charge in [-0.25, -0.2) is 0 Å². The Bertz CT molecular complexity index is 427. The number of halogens is 1. The number of carbonyl (C=O) groups excluding carboxylic acids is 1. The molecule has 0 saturated carbocycles. The number of carbonyl (C=O) groups is 1. The summed E-state index contributed by atoms with van der Waals surface area (Å²) in [7, 11) is 0. The maximum Gasteiger partial charge on any atom is 0.251 e. The number of hydrogen-bond acceptors (Lipinski definition) is 1. The van der Waals surface area contributed by atoms with Crippen molar-refractivity contribution in [2.75, 3.05) is 5.33 Å². The van der Waals surface area contributed by atoms with Crippen LogP contribution in [0.25, 0.3) is 0 Å². The van der Waals surface area contributed by atoms with E-state index in [4.69, 9.17) is 0 Å². The Morgan fingerprint density at radius 1 is 1.16 bits per heavy atom. The summed E-state index contributed by atoms with van der Waals surface area (Å²) >= 11 is 3.46. The molecule has 1 aromatic rings. The van der Waals surface area contributed by atoms with Gasteiger partial charge in [0.05, 0.1) is 0 Å². The molecular weight excluding hydrogens is 302 g/mol. The first-order valence-electron chi connectivity index (χ1n) is 6.71. The molecule has 0 heterocycles. The minimum absolute atomic E-state index is 0.00995. The summed E-state index contributed by atoms with van der Waals surface area (Å²) in [5, 5.41) is 3.83. The SMILES string of the molecule is CCC(C)(CBr)NC(=O)c1ccc(C(C)(C)C)cc1. The lowest BCUT2D eigenvalue weighted by atomic mass is 9.86. The Morgan fingerprint density at radius 3 is 2.05 bits per heavy atom. The minimum atomic E-state index is -0.195. The highest BCUT2D eigenvalue weighted by atomic mass is 79.9. The van der Waals surface area contributed by atoms with Crippen molar-refractivity contribution in [2.45, 2.75) is 52.0 Å². The first-order valence-corrected chi connectivity index (χ1v) is 7.83. The smallest absolute Gasteiger partial charge is 0.251 e. The Balaban J connectivity index is 2.85. The van der Waals surface area contributed by atoms with E-state index in [2.05, 4.69) is 48.9 Å². The van der Waals surface area contributed by atoms with Crippen LogP contribution in [0.2, 0.25) is 0 Å². The molecule has 1 atom stereocenters. The number of nitrogens with one attached hydrogen (secondary N) is 1. The van der Waals surface area contributed by atoms with E-state index in [1.165, 1.54) is 5.56 Å². The molecule has 1 aromatic carbocycles. The van der Waals surface area contributed by atoms with Crippen molar-refractivity contribution < 1.29 is 4.79 Å². The Morgan fingerprint density at radius 2 is 1.68 bits per heavy atom. The molecule has 1 amide bonds. The van der Waals surface area contributed by atoms with E-state index in [9.17, 15) is 4.79 Å². The van der Waals surface area contributed by atoms with E-state index in [0.29, 0.717) is 5.56 Å². The lowest BCUT2D eigenvalue weighted by molar-refractivity contribution is 0.0913. The summed E-state index contributed by atoms with van der Waals surface area (Å²) < 4.78 is 0. The molecule has 0 spiro atoms. The fourth-order valence-electron chi connectivity index (χ4n) is 1.68. The van der Waals surface area contributed by atoms with Crippen LogP contribution in [-0.2, 0) is 5.41 Å². The Hall–Kier alpha value is -0.830. The van der Waals surface area contributed by atoms with Crippen molar-refractivity contribution in [2.24, 2.45) is 0 Å². The summed E-state index contributed by atoms with van der Waals surface area (Å²) in [4.78, 5) is 12.2. The van der Waals surface area contributed by atoms with Gasteiger partial charge in [-0.3, -0.25) is 4.79 Å². The second kappa shape index (κ2) is 6.08. The van der Waals surface area contributed by atoms with Crippen molar-refractivity contribution in [3.8, 4) is 0 Å². The molecule has 0 aliphatic heterocycles. The third-order valence-corrected chi connectivity index (χ3v) is 4.74. The highest BCUT2D eigenvalue weighted by molar-refractivity contribution is 9.09. The molecule has 1 rings (SSSR count). The summed E-state index contributed by atoms with van der Waals surface area (Å²) in [5.74, 6) is -0.00995. The first kappa shape index (κ1) is 16.2. The third kappa shape index (κ3) is 4.34.